The lowest BCUT2D eigenvalue weighted by Gasteiger charge is -2.28. The number of rotatable bonds is 9. The van der Waals surface area contributed by atoms with Crippen LogP contribution in [0.4, 0.5) is 5.69 Å². The number of anilines is 1. The van der Waals surface area contributed by atoms with Crippen LogP contribution >= 0.6 is 0 Å². The number of carbonyl (C=O) groups excluding carboxylic acids is 1. The van der Waals surface area contributed by atoms with Crippen LogP contribution in [0.25, 0.3) is 0 Å². The van der Waals surface area contributed by atoms with Gasteiger partial charge in [-0.05, 0) is 50.8 Å². The van der Waals surface area contributed by atoms with Gasteiger partial charge in [-0.1, -0.05) is 12.1 Å². The fraction of sp³-hybridized carbons (Fsp3) is 0.632. The third-order valence-corrected chi connectivity index (χ3v) is 4.29. The lowest BCUT2D eigenvalue weighted by atomic mass is 10.1. The average Bonchev–Trinajstić information content (AvgIpc) is 2.64. The number of amides is 1. The molecule has 0 radical (unpaired) electrons. The maximum atomic E-state index is 12.0. The average molecular weight is 334 g/mol. The van der Waals surface area contributed by atoms with Crippen LogP contribution in [0.15, 0.2) is 24.3 Å². The van der Waals surface area contributed by atoms with Crippen LogP contribution in [0, 0.1) is 0 Å². The smallest absolute Gasteiger partial charge is 0.249 e. The first-order chi connectivity index (χ1) is 11.7. The van der Waals surface area contributed by atoms with E-state index in [1.165, 1.54) is 24.9 Å². The van der Waals surface area contributed by atoms with Crippen molar-refractivity contribution in [3.05, 3.63) is 29.8 Å². The lowest BCUT2D eigenvalue weighted by molar-refractivity contribution is -0.132. The van der Waals surface area contributed by atoms with Crippen molar-refractivity contribution < 1.29 is 14.3 Å². The Hall–Kier alpha value is -1.59. The highest BCUT2D eigenvalue weighted by molar-refractivity contribution is 5.80. The first-order valence-electron chi connectivity index (χ1n) is 9.01. The van der Waals surface area contributed by atoms with Gasteiger partial charge in [-0.2, -0.15) is 0 Å². The summed E-state index contributed by atoms with van der Waals surface area (Å²) in [6, 6.07) is 8.47. The minimum Gasteiger partial charge on any atom is -0.379 e. The molecule has 5 nitrogen and oxygen atoms in total. The van der Waals surface area contributed by atoms with Crippen molar-refractivity contribution in [3.63, 3.8) is 0 Å². The van der Waals surface area contributed by atoms with E-state index in [-0.39, 0.29) is 5.91 Å². The van der Waals surface area contributed by atoms with Crippen LogP contribution in [0.3, 0.4) is 0 Å². The van der Waals surface area contributed by atoms with Gasteiger partial charge in [-0.3, -0.25) is 4.79 Å². The van der Waals surface area contributed by atoms with Crippen molar-refractivity contribution in [2.24, 2.45) is 0 Å². The van der Waals surface area contributed by atoms with Crippen LogP contribution in [-0.2, 0) is 20.8 Å². The predicted molar refractivity (Wildman–Crippen MR) is 96.3 cm³/mol. The standard InChI is InChI=1S/C19H30N2O3/c1-3-23-13-14-24-16(2)19(22)20-15-17-7-9-18(10-8-17)21-11-5-4-6-12-21/h7-10,16H,3-6,11-15H2,1-2H3,(H,20,22)/t16-/m1/s1. The molecule has 1 heterocycles. The van der Waals surface area contributed by atoms with Gasteiger partial charge < -0.3 is 19.7 Å². The molecule has 1 fully saturated rings. The van der Waals surface area contributed by atoms with Gasteiger partial charge in [0.05, 0.1) is 13.2 Å². The van der Waals surface area contributed by atoms with Gasteiger partial charge in [-0.15, -0.1) is 0 Å². The fourth-order valence-corrected chi connectivity index (χ4v) is 2.81. The fourth-order valence-electron chi connectivity index (χ4n) is 2.81. The summed E-state index contributed by atoms with van der Waals surface area (Å²) in [5.74, 6) is -0.0911. The van der Waals surface area contributed by atoms with E-state index in [0.717, 1.165) is 18.7 Å². The Balaban J connectivity index is 1.72. The highest BCUT2D eigenvalue weighted by Gasteiger charge is 2.13. The van der Waals surface area contributed by atoms with Crippen molar-refractivity contribution in [2.45, 2.75) is 45.8 Å². The SMILES string of the molecule is CCOCCO[C@H](C)C(=O)NCc1ccc(N2CCCCC2)cc1. The summed E-state index contributed by atoms with van der Waals surface area (Å²) in [5.41, 5.74) is 2.38. The Bertz CT molecular complexity index is 484. The topological polar surface area (TPSA) is 50.8 Å². The molecule has 1 aromatic rings. The summed E-state index contributed by atoms with van der Waals surface area (Å²) < 4.78 is 10.6. The molecule has 0 aliphatic carbocycles. The molecule has 5 heteroatoms. The monoisotopic (exact) mass is 334 g/mol. The van der Waals surface area contributed by atoms with E-state index in [1.54, 1.807) is 6.92 Å². The van der Waals surface area contributed by atoms with Crippen LogP contribution in [0.2, 0.25) is 0 Å². The molecular formula is C19H30N2O3. The third-order valence-electron chi connectivity index (χ3n) is 4.29. The molecule has 0 aromatic heterocycles. The van der Waals surface area contributed by atoms with Crippen molar-refractivity contribution >= 4 is 11.6 Å². The van der Waals surface area contributed by atoms with Crippen molar-refractivity contribution in [1.82, 2.24) is 5.32 Å². The Labute approximate surface area is 145 Å². The van der Waals surface area contributed by atoms with Crippen molar-refractivity contribution in [1.29, 1.82) is 0 Å². The number of hydrogen-bond acceptors (Lipinski definition) is 4. The van der Waals surface area contributed by atoms with Crippen LogP contribution in [0.1, 0.15) is 38.7 Å². The molecule has 1 N–H and O–H groups in total. The summed E-state index contributed by atoms with van der Waals surface area (Å²) in [4.78, 5) is 14.4. The Morgan fingerprint density at radius 3 is 2.54 bits per heavy atom. The molecule has 1 saturated heterocycles. The molecule has 1 aliphatic heterocycles. The molecule has 1 aromatic carbocycles. The number of benzene rings is 1. The summed E-state index contributed by atoms with van der Waals surface area (Å²) in [6.45, 7) is 8.14. The number of piperidine rings is 1. The number of hydrogen-bond donors (Lipinski definition) is 1. The summed E-state index contributed by atoms with van der Waals surface area (Å²) in [7, 11) is 0. The van der Waals surface area contributed by atoms with Gasteiger partial charge in [0.2, 0.25) is 5.91 Å². The van der Waals surface area contributed by atoms with E-state index in [0.29, 0.717) is 26.4 Å². The largest absolute Gasteiger partial charge is 0.379 e. The molecule has 0 bridgehead atoms. The number of nitrogens with zero attached hydrogens (tertiary/aromatic N) is 1. The van der Waals surface area contributed by atoms with Crippen LogP contribution in [0.5, 0.6) is 0 Å². The minimum absolute atomic E-state index is 0.0911. The second-order valence-corrected chi connectivity index (χ2v) is 6.14. The van der Waals surface area contributed by atoms with Crippen LogP contribution < -0.4 is 10.2 Å². The quantitative estimate of drug-likeness (QED) is 0.706. The Morgan fingerprint density at radius 2 is 1.88 bits per heavy atom. The molecule has 1 amide bonds. The molecule has 134 valence electrons. The maximum absolute atomic E-state index is 12.0. The summed E-state index contributed by atoms with van der Waals surface area (Å²) in [6.07, 6.45) is 3.43. The van der Waals surface area contributed by atoms with E-state index in [2.05, 4.69) is 34.5 Å². The first-order valence-corrected chi connectivity index (χ1v) is 9.01. The van der Waals surface area contributed by atoms with E-state index in [4.69, 9.17) is 9.47 Å². The molecule has 24 heavy (non-hydrogen) atoms. The zero-order valence-electron chi connectivity index (χ0n) is 14.9. The van der Waals surface area contributed by atoms with Crippen molar-refractivity contribution in [2.75, 3.05) is 37.8 Å². The lowest BCUT2D eigenvalue weighted by Crippen LogP contribution is -2.34. The van der Waals surface area contributed by atoms with Crippen molar-refractivity contribution in [3.8, 4) is 0 Å². The third kappa shape index (κ3) is 6.13. The van der Waals surface area contributed by atoms with Gasteiger partial charge in [0.25, 0.3) is 0 Å². The van der Waals surface area contributed by atoms with Gasteiger partial charge in [0.15, 0.2) is 0 Å². The molecule has 2 rings (SSSR count). The zero-order chi connectivity index (χ0) is 17.2. The number of nitrogens with one attached hydrogen (secondary N) is 1. The number of ether oxygens (including phenoxy) is 2. The second kappa shape index (κ2) is 10.3. The molecular weight excluding hydrogens is 304 g/mol. The molecule has 1 aliphatic rings. The predicted octanol–water partition coefficient (Wildman–Crippen LogP) is 2.73. The highest BCUT2D eigenvalue weighted by Crippen LogP contribution is 2.20. The van der Waals surface area contributed by atoms with Crippen LogP contribution in [-0.4, -0.2) is 44.9 Å². The number of carbonyl (C=O) groups is 1. The van der Waals surface area contributed by atoms with Gasteiger partial charge in [0, 0.05) is 31.9 Å². The first kappa shape index (κ1) is 18.7. The molecule has 0 saturated carbocycles. The van der Waals surface area contributed by atoms with Gasteiger partial charge in [-0.25, -0.2) is 0 Å². The van der Waals surface area contributed by atoms with Gasteiger partial charge in [0.1, 0.15) is 6.10 Å². The second-order valence-electron chi connectivity index (χ2n) is 6.14. The summed E-state index contributed by atoms with van der Waals surface area (Å²) >= 11 is 0. The molecule has 0 spiro atoms. The minimum atomic E-state index is -0.460. The zero-order valence-corrected chi connectivity index (χ0v) is 14.9. The van der Waals surface area contributed by atoms with E-state index >= 15 is 0 Å². The molecule has 0 unspecified atom stereocenters. The summed E-state index contributed by atoms with van der Waals surface area (Å²) in [5, 5.41) is 2.92. The van der Waals surface area contributed by atoms with E-state index < -0.39 is 6.10 Å². The normalized spacial score (nSPS) is 16.0. The van der Waals surface area contributed by atoms with Gasteiger partial charge >= 0.3 is 0 Å². The van der Waals surface area contributed by atoms with E-state index in [1.807, 2.05) is 6.92 Å². The highest BCUT2D eigenvalue weighted by atomic mass is 16.5. The van der Waals surface area contributed by atoms with E-state index in [9.17, 15) is 4.79 Å². The molecule has 1 atom stereocenters. The maximum Gasteiger partial charge on any atom is 0.249 e. The Morgan fingerprint density at radius 1 is 1.17 bits per heavy atom. The Kier molecular flexibility index (Phi) is 8.05.